The normalized spacial score (nSPS) is 11.6. The van der Waals surface area contributed by atoms with E-state index < -0.39 is 0 Å². The first kappa shape index (κ1) is 82.7. The summed E-state index contributed by atoms with van der Waals surface area (Å²) in [5.41, 5.74) is 44.3. The summed E-state index contributed by atoms with van der Waals surface area (Å²) in [4.78, 5) is 52.8. The van der Waals surface area contributed by atoms with Gasteiger partial charge < -0.3 is 0 Å². The van der Waals surface area contributed by atoms with Gasteiger partial charge in [0.25, 0.3) is 0 Å². The van der Waals surface area contributed by atoms with Gasteiger partial charge in [-0.3, -0.25) is 9.97 Å². The molecule has 0 amide bonds. The lowest BCUT2D eigenvalue weighted by Crippen LogP contribution is -1.96. The molecule has 11 nitrogen and oxygen atoms in total. The third-order valence-electron chi connectivity index (χ3n) is 27.7. The van der Waals surface area contributed by atoms with Crippen LogP contribution >= 0.6 is 0 Å². The van der Waals surface area contributed by atoms with Crippen LogP contribution in [0.1, 0.15) is 5.56 Å². The van der Waals surface area contributed by atoms with Crippen molar-refractivity contribution in [1.29, 1.82) is 0 Å². The largest absolute Gasteiger partial charge is 0.264 e. The van der Waals surface area contributed by atoms with Crippen LogP contribution in [0.25, 0.3) is 278 Å². The standard InChI is InChI=1S/C50H30N4.C44H29N3.C36H22N4/c1-2-8-37(9-3-1)50-53-45(33-17-15-31(16-18-33)38-26-27-43-40-12-5-4-11-39(40)42-14-6-13-41(38)47(42)43)30-46(54-50)34-21-19-32(20-22-34)44-28-25-36-24-23-35-10-7-29-51-48(35)49(36)52-44;1-28-24-25-45-27-40(28)30-16-20-32(21-17-30)42-26-41(46-44(47-42)33-8-3-2-4-9-33)31-18-14-29(15-19-31)34-22-23-39-36-11-6-5-10-35(36)38-13-7-12-37(34)43(38)39;1-2-7-25(8-3-1)36-39-33(24-15-13-23(14-16-24)26-20-37-22-38-21-26)19-34(40-36)29-17-18-32-28-10-5-4-9-27(28)30-11-6-12-31(29)35(30)32/h1-30H;2-27H,1H3;1-22H. The quantitative estimate of drug-likeness (QED) is 0.0960. The second kappa shape index (κ2) is 35.1. The summed E-state index contributed by atoms with van der Waals surface area (Å²) >= 11 is 0. The zero-order valence-electron chi connectivity index (χ0n) is 76.5. The molecule has 0 unspecified atom stereocenters. The first-order chi connectivity index (χ1) is 69.8. The Kier molecular flexibility index (Phi) is 20.6. The Morgan fingerprint density at radius 3 is 0.879 bits per heavy atom. The highest BCUT2D eigenvalue weighted by atomic mass is 14.9. The summed E-state index contributed by atoms with van der Waals surface area (Å²) in [7, 11) is 0. The van der Waals surface area contributed by atoms with E-state index in [0.717, 1.165) is 140 Å². The number of rotatable bonds is 14. The smallest absolute Gasteiger partial charge is 0.160 e. The minimum absolute atomic E-state index is 0.693. The molecule has 141 heavy (non-hydrogen) atoms. The number of nitrogens with zero attached hydrogens (tertiary/aromatic N) is 11. The number of hydrogen-bond donors (Lipinski definition) is 0. The van der Waals surface area contributed by atoms with Crippen molar-refractivity contribution in [3.05, 3.63) is 480 Å². The maximum atomic E-state index is 5.12. The van der Waals surface area contributed by atoms with E-state index in [2.05, 4.69) is 397 Å². The first-order valence-electron chi connectivity index (χ1n) is 47.4. The van der Waals surface area contributed by atoms with Crippen LogP contribution in [-0.4, -0.2) is 54.8 Å². The third kappa shape index (κ3) is 15.1. The lowest BCUT2D eigenvalue weighted by atomic mass is 9.93. The summed E-state index contributed by atoms with van der Waals surface area (Å²) in [6.45, 7) is 2.11. The minimum atomic E-state index is 0.693. The number of aromatic nitrogens is 11. The third-order valence-corrected chi connectivity index (χ3v) is 27.7. The number of pyridine rings is 3. The average molecular weight is 1800 g/mol. The lowest BCUT2D eigenvalue weighted by Gasteiger charge is -2.13. The van der Waals surface area contributed by atoms with Gasteiger partial charge in [0.15, 0.2) is 17.5 Å². The van der Waals surface area contributed by atoms with E-state index in [0.29, 0.717) is 17.5 Å². The van der Waals surface area contributed by atoms with Crippen LogP contribution in [0.2, 0.25) is 0 Å². The van der Waals surface area contributed by atoms with E-state index in [-0.39, 0.29) is 0 Å². The van der Waals surface area contributed by atoms with Crippen molar-refractivity contribution in [1.82, 2.24) is 54.8 Å². The lowest BCUT2D eigenvalue weighted by molar-refractivity contribution is 1.17. The first-order valence-corrected chi connectivity index (χ1v) is 47.4. The molecule has 11 heteroatoms. The van der Waals surface area contributed by atoms with Crippen molar-refractivity contribution in [3.63, 3.8) is 0 Å². The zero-order chi connectivity index (χ0) is 93.4. The molecule has 0 fully saturated rings. The van der Waals surface area contributed by atoms with Gasteiger partial charge in [-0.1, -0.05) is 400 Å². The Balaban J connectivity index is 0.000000110. The molecule has 0 bridgehead atoms. The van der Waals surface area contributed by atoms with E-state index in [4.69, 9.17) is 34.9 Å². The summed E-state index contributed by atoms with van der Waals surface area (Å²) < 4.78 is 0. The van der Waals surface area contributed by atoms with E-state index in [9.17, 15) is 0 Å². The molecule has 0 N–H and O–H groups in total. The van der Waals surface area contributed by atoms with Crippen molar-refractivity contribution >= 4 is 54.1 Å². The van der Waals surface area contributed by atoms with E-state index in [1.54, 1.807) is 6.33 Å². The Bertz CT molecular complexity index is 9160. The van der Waals surface area contributed by atoms with Gasteiger partial charge in [-0.05, 0) is 181 Å². The van der Waals surface area contributed by atoms with E-state index >= 15 is 0 Å². The maximum absolute atomic E-state index is 5.12. The van der Waals surface area contributed by atoms with Crippen LogP contribution in [0.5, 0.6) is 0 Å². The SMILES string of the molecule is Cc1ccncc1-c1ccc(-c2cc(-c3ccc(-c4ccc5c6c(cccc46)-c4ccccc4-5)cc3)nc(-c3ccccc3)n2)cc1.c1ccc(-c2nc(-c3ccc(-c4ccc5ccc6cccnc6c5n4)cc3)cc(-c3ccc(-c4ccc5c6c(cccc46)-c4ccccc4-5)cc3)n2)cc1.c1ccc(-c2nc(-c3ccc(-c4cncnc4)cc3)cc(-c3ccc4c5c(cccc35)-c3ccccc3-4)n2)cc1. The van der Waals surface area contributed by atoms with Crippen LogP contribution in [0.4, 0.5) is 0 Å². The molecule has 0 saturated carbocycles. The van der Waals surface area contributed by atoms with Crippen molar-refractivity contribution in [3.8, 4) is 224 Å². The molecule has 0 aliphatic heterocycles. The predicted octanol–water partition coefficient (Wildman–Crippen LogP) is 32.8. The van der Waals surface area contributed by atoms with Crippen molar-refractivity contribution in [2.24, 2.45) is 0 Å². The molecule has 0 saturated heterocycles. The summed E-state index contributed by atoms with van der Waals surface area (Å²) in [5.74, 6) is 2.11. The Morgan fingerprint density at radius 1 is 0.163 bits per heavy atom. The van der Waals surface area contributed by atoms with Gasteiger partial charge in [0.2, 0.25) is 0 Å². The van der Waals surface area contributed by atoms with Crippen LogP contribution in [-0.2, 0) is 0 Å². The minimum Gasteiger partial charge on any atom is -0.264 e. The summed E-state index contributed by atoms with van der Waals surface area (Å²) in [6.07, 6.45) is 10.8. The van der Waals surface area contributed by atoms with Gasteiger partial charge in [-0.2, -0.15) is 0 Å². The highest BCUT2D eigenvalue weighted by Crippen LogP contribution is 2.54. The topological polar surface area (TPSA) is 142 Å². The fourth-order valence-electron chi connectivity index (χ4n) is 20.7. The van der Waals surface area contributed by atoms with E-state index in [1.807, 2.05) is 97.7 Å². The summed E-state index contributed by atoms with van der Waals surface area (Å²) in [6, 6.07) is 154. The molecule has 656 valence electrons. The number of fused-ring (bicyclic) bond motifs is 12. The molecular weight excluding hydrogens is 1720 g/mol. The predicted molar refractivity (Wildman–Crippen MR) is 577 cm³/mol. The van der Waals surface area contributed by atoms with Crippen LogP contribution in [0, 0.1) is 6.92 Å². The van der Waals surface area contributed by atoms with Gasteiger partial charge in [-0.15, -0.1) is 0 Å². The molecule has 0 spiro atoms. The molecule has 7 heterocycles. The Morgan fingerprint density at radius 2 is 0.475 bits per heavy atom. The molecule has 25 aromatic rings. The molecule has 0 atom stereocenters. The number of benzene rings is 18. The molecular formula is C130H81N11. The Hall–Kier alpha value is -19.0. The number of aryl methyl sites for hydroxylation is 1. The second-order valence-electron chi connectivity index (χ2n) is 35.9. The Labute approximate surface area is 814 Å². The molecule has 28 rings (SSSR count). The monoisotopic (exact) mass is 1800 g/mol. The fraction of sp³-hybridized carbons (Fsp3) is 0.00769. The van der Waals surface area contributed by atoms with Crippen molar-refractivity contribution in [2.45, 2.75) is 6.92 Å². The van der Waals surface area contributed by atoms with Gasteiger partial charge >= 0.3 is 0 Å². The molecule has 3 aliphatic rings. The average Bonchev–Trinajstić information content (AvgIpc) is 1.58. The van der Waals surface area contributed by atoms with Crippen molar-refractivity contribution < 1.29 is 0 Å². The summed E-state index contributed by atoms with van der Waals surface area (Å²) in [5, 5.41) is 9.88. The zero-order valence-corrected chi connectivity index (χ0v) is 76.5. The van der Waals surface area contributed by atoms with Gasteiger partial charge in [0.1, 0.15) is 6.33 Å². The fourth-order valence-corrected chi connectivity index (χ4v) is 20.7. The molecule has 7 aromatic heterocycles. The van der Waals surface area contributed by atoms with Gasteiger partial charge in [-0.25, -0.2) is 44.9 Å². The molecule has 3 aliphatic carbocycles. The van der Waals surface area contributed by atoms with Crippen LogP contribution in [0.15, 0.2) is 474 Å². The molecule has 18 aromatic carbocycles. The maximum Gasteiger partial charge on any atom is 0.160 e. The van der Waals surface area contributed by atoms with E-state index in [1.165, 1.54) is 127 Å². The van der Waals surface area contributed by atoms with Crippen LogP contribution in [0.3, 0.4) is 0 Å². The second-order valence-corrected chi connectivity index (χ2v) is 35.9. The number of hydrogen-bond acceptors (Lipinski definition) is 11. The van der Waals surface area contributed by atoms with Crippen molar-refractivity contribution in [2.75, 3.05) is 0 Å². The van der Waals surface area contributed by atoms with Gasteiger partial charge in [0.05, 0.1) is 50.9 Å². The highest BCUT2D eigenvalue weighted by Gasteiger charge is 2.28. The van der Waals surface area contributed by atoms with Crippen LogP contribution < -0.4 is 0 Å². The van der Waals surface area contributed by atoms with Gasteiger partial charge in [0, 0.05) is 109 Å². The molecule has 0 radical (unpaired) electrons. The highest BCUT2D eigenvalue weighted by molar-refractivity contribution is 6.22.